The van der Waals surface area contributed by atoms with Crippen LogP contribution in [-0.2, 0) is 6.54 Å². The summed E-state index contributed by atoms with van der Waals surface area (Å²) in [6.07, 6.45) is -4.27. The van der Waals surface area contributed by atoms with Crippen LogP contribution in [0.1, 0.15) is 36.7 Å². The lowest BCUT2D eigenvalue weighted by Gasteiger charge is -2.28. The van der Waals surface area contributed by atoms with Crippen molar-refractivity contribution in [3.63, 3.8) is 0 Å². The molecule has 0 saturated heterocycles. The van der Waals surface area contributed by atoms with Crippen molar-refractivity contribution in [2.45, 2.75) is 39.5 Å². The average Bonchev–Trinajstić information content (AvgIpc) is 2.36. The van der Waals surface area contributed by atoms with E-state index in [1.165, 1.54) is 18.9 Å². The molecular formula is C15H20F3NO2. The van der Waals surface area contributed by atoms with Gasteiger partial charge < -0.3 is 4.74 Å². The van der Waals surface area contributed by atoms with Gasteiger partial charge in [-0.25, -0.2) is 0 Å². The fourth-order valence-corrected chi connectivity index (χ4v) is 1.99. The van der Waals surface area contributed by atoms with Gasteiger partial charge in [0.1, 0.15) is 5.75 Å². The zero-order chi connectivity index (χ0) is 16.2. The molecule has 1 aromatic carbocycles. The fraction of sp³-hybridized carbons (Fsp3) is 0.533. The van der Waals surface area contributed by atoms with E-state index >= 15 is 0 Å². The Labute approximate surface area is 122 Å². The van der Waals surface area contributed by atoms with Crippen LogP contribution in [-0.4, -0.2) is 36.6 Å². The Morgan fingerprint density at radius 3 is 2.38 bits per heavy atom. The first kappa shape index (κ1) is 17.5. The van der Waals surface area contributed by atoms with Crippen LogP contribution in [0.15, 0.2) is 18.2 Å². The monoisotopic (exact) mass is 303 g/mol. The van der Waals surface area contributed by atoms with E-state index < -0.39 is 12.7 Å². The molecule has 0 amide bonds. The SMILES string of the molecule is COc1ccc(C(C)=O)cc1CN(CC(F)(F)F)C(C)C. The van der Waals surface area contributed by atoms with Gasteiger partial charge in [-0.1, -0.05) is 0 Å². The van der Waals surface area contributed by atoms with Gasteiger partial charge in [0.25, 0.3) is 0 Å². The third-order valence-electron chi connectivity index (χ3n) is 3.17. The maximum absolute atomic E-state index is 12.6. The molecule has 0 fully saturated rings. The average molecular weight is 303 g/mol. The van der Waals surface area contributed by atoms with Gasteiger partial charge in [-0.05, 0) is 39.0 Å². The largest absolute Gasteiger partial charge is 0.496 e. The van der Waals surface area contributed by atoms with E-state index in [1.807, 2.05) is 0 Å². The molecule has 0 aliphatic carbocycles. The van der Waals surface area contributed by atoms with Crippen LogP contribution in [0.3, 0.4) is 0 Å². The predicted octanol–water partition coefficient (Wildman–Crippen LogP) is 3.67. The number of hydrogen-bond acceptors (Lipinski definition) is 3. The molecule has 6 heteroatoms. The maximum Gasteiger partial charge on any atom is 0.401 e. The van der Waals surface area contributed by atoms with Crippen molar-refractivity contribution in [1.29, 1.82) is 0 Å². The second-order valence-electron chi connectivity index (χ2n) is 5.20. The van der Waals surface area contributed by atoms with Crippen LogP contribution in [0.4, 0.5) is 13.2 Å². The molecule has 0 atom stereocenters. The van der Waals surface area contributed by atoms with E-state index in [-0.39, 0.29) is 18.4 Å². The molecule has 0 spiro atoms. The van der Waals surface area contributed by atoms with Crippen molar-refractivity contribution >= 4 is 5.78 Å². The van der Waals surface area contributed by atoms with Crippen molar-refractivity contribution in [2.75, 3.05) is 13.7 Å². The minimum atomic E-state index is -4.27. The predicted molar refractivity (Wildman–Crippen MR) is 74.6 cm³/mol. The first-order valence-electron chi connectivity index (χ1n) is 6.62. The number of benzene rings is 1. The highest BCUT2D eigenvalue weighted by Gasteiger charge is 2.32. The number of methoxy groups -OCH3 is 1. The molecule has 0 radical (unpaired) electrons. The highest BCUT2D eigenvalue weighted by Crippen LogP contribution is 2.25. The van der Waals surface area contributed by atoms with Crippen molar-refractivity contribution in [2.24, 2.45) is 0 Å². The summed E-state index contributed by atoms with van der Waals surface area (Å²) < 4.78 is 43.1. The highest BCUT2D eigenvalue weighted by atomic mass is 19.4. The molecule has 1 rings (SSSR count). The minimum absolute atomic E-state index is 0.0709. The van der Waals surface area contributed by atoms with Crippen LogP contribution in [0.25, 0.3) is 0 Å². The topological polar surface area (TPSA) is 29.5 Å². The summed E-state index contributed by atoms with van der Waals surface area (Å²) >= 11 is 0. The van der Waals surface area contributed by atoms with Gasteiger partial charge in [-0.3, -0.25) is 9.69 Å². The number of ether oxygens (including phenoxy) is 1. The number of carbonyl (C=O) groups is 1. The molecule has 0 saturated carbocycles. The summed E-state index contributed by atoms with van der Waals surface area (Å²) in [7, 11) is 1.45. The Kier molecular flexibility index (Phi) is 5.78. The van der Waals surface area contributed by atoms with Gasteiger partial charge in [-0.2, -0.15) is 13.2 Å². The number of nitrogens with zero attached hydrogens (tertiary/aromatic N) is 1. The first-order valence-corrected chi connectivity index (χ1v) is 6.62. The number of rotatable bonds is 6. The molecule has 1 aromatic rings. The minimum Gasteiger partial charge on any atom is -0.496 e. The lowest BCUT2D eigenvalue weighted by molar-refractivity contribution is -0.150. The van der Waals surface area contributed by atoms with E-state index in [9.17, 15) is 18.0 Å². The van der Waals surface area contributed by atoms with Crippen LogP contribution in [0.5, 0.6) is 5.75 Å². The van der Waals surface area contributed by atoms with Crippen LogP contribution in [0.2, 0.25) is 0 Å². The number of hydrogen-bond donors (Lipinski definition) is 0. The van der Waals surface area contributed by atoms with E-state index in [0.717, 1.165) is 0 Å². The molecule has 0 aliphatic heterocycles. The Morgan fingerprint density at radius 2 is 1.95 bits per heavy atom. The van der Waals surface area contributed by atoms with Crippen LogP contribution >= 0.6 is 0 Å². The van der Waals surface area contributed by atoms with E-state index in [0.29, 0.717) is 16.9 Å². The Balaban J connectivity index is 3.06. The zero-order valence-corrected chi connectivity index (χ0v) is 12.6. The Bertz CT molecular complexity index is 498. The third-order valence-corrected chi connectivity index (χ3v) is 3.17. The molecule has 3 nitrogen and oxygen atoms in total. The van der Waals surface area contributed by atoms with Crippen LogP contribution in [0, 0.1) is 0 Å². The standard InChI is InChI=1S/C15H20F3NO2/c1-10(2)19(9-15(16,17)18)8-13-7-12(11(3)20)5-6-14(13)21-4/h5-7,10H,8-9H2,1-4H3. The van der Waals surface area contributed by atoms with Gasteiger partial charge in [0.05, 0.1) is 13.7 Å². The molecule has 21 heavy (non-hydrogen) atoms. The fourth-order valence-electron chi connectivity index (χ4n) is 1.99. The Hall–Kier alpha value is -1.56. The van der Waals surface area contributed by atoms with Crippen molar-refractivity contribution in [3.05, 3.63) is 29.3 Å². The van der Waals surface area contributed by atoms with Crippen molar-refractivity contribution in [1.82, 2.24) is 4.90 Å². The highest BCUT2D eigenvalue weighted by molar-refractivity contribution is 5.94. The van der Waals surface area contributed by atoms with Gasteiger partial charge >= 0.3 is 6.18 Å². The molecule has 0 unspecified atom stereocenters. The lowest BCUT2D eigenvalue weighted by Crippen LogP contribution is -2.38. The van der Waals surface area contributed by atoms with Gasteiger partial charge in [0, 0.05) is 23.7 Å². The lowest BCUT2D eigenvalue weighted by atomic mass is 10.1. The summed E-state index contributed by atoms with van der Waals surface area (Å²) in [5.74, 6) is 0.346. The summed E-state index contributed by atoms with van der Waals surface area (Å²) in [5.41, 5.74) is 1.03. The molecule has 0 bridgehead atoms. The molecule has 0 N–H and O–H groups in total. The van der Waals surface area contributed by atoms with Gasteiger partial charge in [0.2, 0.25) is 0 Å². The number of alkyl halides is 3. The summed E-state index contributed by atoms with van der Waals surface area (Å²) in [6, 6.07) is 4.52. The Morgan fingerprint density at radius 1 is 1.33 bits per heavy atom. The number of ketones is 1. The van der Waals surface area contributed by atoms with Gasteiger partial charge in [-0.15, -0.1) is 0 Å². The smallest absolute Gasteiger partial charge is 0.401 e. The molecular weight excluding hydrogens is 283 g/mol. The first-order chi connectivity index (χ1) is 9.64. The van der Waals surface area contributed by atoms with Crippen LogP contribution < -0.4 is 4.74 Å². The van der Waals surface area contributed by atoms with E-state index in [1.54, 1.807) is 32.0 Å². The quantitative estimate of drug-likeness (QED) is 0.751. The van der Waals surface area contributed by atoms with Crippen molar-refractivity contribution in [3.8, 4) is 5.75 Å². The third kappa shape index (κ3) is 5.38. The molecule has 0 aromatic heterocycles. The van der Waals surface area contributed by atoms with E-state index in [4.69, 9.17) is 4.74 Å². The second kappa shape index (κ2) is 6.93. The number of halogens is 3. The second-order valence-corrected chi connectivity index (χ2v) is 5.20. The van der Waals surface area contributed by atoms with E-state index in [2.05, 4.69) is 0 Å². The molecule has 0 heterocycles. The van der Waals surface area contributed by atoms with Crippen molar-refractivity contribution < 1.29 is 22.7 Å². The van der Waals surface area contributed by atoms with Gasteiger partial charge in [0.15, 0.2) is 5.78 Å². The normalized spacial score (nSPS) is 12.0. The maximum atomic E-state index is 12.6. The molecule has 118 valence electrons. The summed E-state index contributed by atoms with van der Waals surface area (Å²) in [5, 5.41) is 0. The number of carbonyl (C=O) groups excluding carboxylic acids is 1. The summed E-state index contributed by atoms with van der Waals surface area (Å²) in [6.45, 7) is 3.89. The summed E-state index contributed by atoms with van der Waals surface area (Å²) in [4.78, 5) is 12.7. The zero-order valence-electron chi connectivity index (χ0n) is 12.6. The molecule has 0 aliphatic rings. The number of Topliss-reactive ketones (excluding diaryl/α,β-unsaturated/α-hetero) is 1.